The highest BCUT2D eigenvalue weighted by molar-refractivity contribution is 5.83. The molecule has 0 saturated heterocycles. The number of carbonyl (C=O) groups is 2. The summed E-state index contributed by atoms with van der Waals surface area (Å²) in [5, 5.41) is 3.27. The minimum Gasteiger partial charge on any atom is -0.468 e. The fourth-order valence-corrected chi connectivity index (χ4v) is 4.20. The predicted octanol–water partition coefficient (Wildman–Crippen LogP) is 5.10. The van der Waals surface area contributed by atoms with Gasteiger partial charge in [0.1, 0.15) is 11.8 Å². The Labute approximate surface area is 195 Å². The Balaban J connectivity index is 0.000000342. The molecule has 1 fully saturated rings. The molecule has 3 atom stereocenters. The molecular formula is C23H32F6N2O3. The van der Waals surface area contributed by atoms with Crippen molar-refractivity contribution in [3.63, 3.8) is 0 Å². The molecule has 1 unspecified atom stereocenters. The molecule has 1 saturated carbocycles. The van der Waals surface area contributed by atoms with Crippen LogP contribution in [-0.2, 0) is 33.2 Å². The van der Waals surface area contributed by atoms with Crippen molar-refractivity contribution in [2.45, 2.75) is 77.9 Å². The van der Waals surface area contributed by atoms with Gasteiger partial charge < -0.3 is 15.8 Å². The number of nitrogens with two attached hydrogens (primary N) is 1. The third-order valence-electron chi connectivity index (χ3n) is 6.28. The standard InChI is InChI=1S/C14H25NO3.C9H7F6N/c1-9(2)14(11(4)16)7-6-12(8-14)15-10(3)13(17)18-5;10-8(11,12)6-1-5(4-16)2-7(3-6)9(13,14)15/h9-10,12,15H,6-8H2,1-5H3;1-3H,4,16H2/t10?,12-,14+;/m1./s1. The first kappa shape index (κ1) is 29.9. The van der Waals surface area contributed by atoms with Crippen molar-refractivity contribution < 1.29 is 40.7 Å². The molecule has 3 N–H and O–H groups in total. The molecule has 0 aliphatic heterocycles. The average Bonchev–Trinajstić information content (AvgIpc) is 3.17. The van der Waals surface area contributed by atoms with Crippen LogP contribution in [0.15, 0.2) is 18.2 Å². The zero-order valence-corrected chi connectivity index (χ0v) is 19.9. The van der Waals surface area contributed by atoms with E-state index in [2.05, 4.69) is 19.2 Å². The van der Waals surface area contributed by atoms with E-state index in [0.29, 0.717) is 18.1 Å². The van der Waals surface area contributed by atoms with Crippen molar-refractivity contribution in [1.29, 1.82) is 0 Å². The molecule has 194 valence electrons. The van der Waals surface area contributed by atoms with Gasteiger partial charge in [-0.05, 0) is 62.8 Å². The lowest BCUT2D eigenvalue weighted by molar-refractivity contribution is -0.144. The maximum Gasteiger partial charge on any atom is 0.416 e. The normalized spacial score (nSPS) is 21.6. The summed E-state index contributed by atoms with van der Waals surface area (Å²) in [4.78, 5) is 23.3. The number of alkyl halides is 6. The van der Waals surface area contributed by atoms with E-state index in [1.807, 2.05) is 0 Å². The number of benzene rings is 1. The zero-order valence-electron chi connectivity index (χ0n) is 19.9. The maximum atomic E-state index is 12.3. The molecule has 0 heterocycles. The van der Waals surface area contributed by atoms with Crippen molar-refractivity contribution in [2.75, 3.05) is 7.11 Å². The lowest BCUT2D eigenvalue weighted by atomic mass is 9.72. The minimum atomic E-state index is -4.81. The van der Waals surface area contributed by atoms with Crippen LogP contribution in [0.3, 0.4) is 0 Å². The van der Waals surface area contributed by atoms with E-state index < -0.39 is 23.5 Å². The second-order valence-electron chi connectivity index (χ2n) is 8.84. The van der Waals surface area contributed by atoms with E-state index in [-0.39, 0.29) is 47.4 Å². The van der Waals surface area contributed by atoms with E-state index in [1.165, 1.54) is 7.11 Å². The maximum absolute atomic E-state index is 12.3. The molecule has 0 spiro atoms. The van der Waals surface area contributed by atoms with Gasteiger partial charge >= 0.3 is 18.3 Å². The van der Waals surface area contributed by atoms with E-state index >= 15 is 0 Å². The number of ether oxygens (including phenoxy) is 1. The highest BCUT2D eigenvalue weighted by Crippen LogP contribution is 2.45. The Morgan fingerprint density at radius 3 is 1.91 bits per heavy atom. The van der Waals surface area contributed by atoms with Crippen molar-refractivity contribution in [1.82, 2.24) is 5.32 Å². The van der Waals surface area contributed by atoms with Crippen molar-refractivity contribution in [3.05, 3.63) is 34.9 Å². The second-order valence-corrected chi connectivity index (χ2v) is 8.84. The molecule has 34 heavy (non-hydrogen) atoms. The number of esters is 1. The second kappa shape index (κ2) is 11.5. The summed E-state index contributed by atoms with van der Waals surface area (Å²) in [6.07, 6.45) is -6.96. The molecule has 1 aromatic rings. The van der Waals surface area contributed by atoms with E-state index in [0.717, 1.165) is 19.3 Å². The largest absolute Gasteiger partial charge is 0.468 e. The fourth-order valence-electron chi connectivity index (χ4n) is 4.20. The molecule has 0 aromatic heterocycles. The number of hydrogen-bond donors (Lipinski definition) is 2. The van der Waals surface area contributed by atoms with E-state index in [1.54, 1.807) is 13.8 Å². The summed E-state index contributed by atoms with van der Waals surface area (Å²) in [7, 11) is 1.39. The van der Waals surface area contributed by atoms with Crippen LogP contribution in [0.5, 0.6) is 0 Å². The molecule has 0 bridgehead atoms. The summed E-state index contributed by atoms with van der Waals surface area (Å²) >= 11 is 0. The van der Waals surface area contributed by atoms with Crippen LogP contribution >= 0.6 is 0 Å². The van der Waals surface area contributed by atoms with Gasteiger partial charge in [-0.3, -0.25) is 9.59 Å². The first-order chi connectivity index (χ1) is 15.5. The van der Waals surface area contributed by atoms with Gasteiger partial charge in [-0.2, -0.15) is 26.3 Å². The van der Waals surface area contributed by atoms with Crippen LogP contribution in [0, 0.1) is 11.3 Å². The topological polar surface area (TPSA) is 81.4 Å². The minimum absolute atomic E-state index is 0.0686. The molecule has 1 aromatic carbocycles. The van der Waals surface area contributed by atoms with Gasteiger partial charge in [0.15, 0.2) is 0 Å². The van der Waals surface area contributed by atoms with Gasteiger partial charge in [0.2, 0.25) is 0 Å². The van der Waals surface area contributed by atoms with Crippen LogP contribution in [0.2, 0.25) is 0 Å². The fraction of sp³-hybridized carbons (Fsp3) is 0.652. The van der Waals surface area contributed by atoms with Crippen LogP contribution in [0.25, 0.3) is 0 Å². The molecule has 2 rings (SSSR count). The first-order valence-corrected chi connectivity index (χ1v) is 10.8. The van der Waals surface area contributed by atoms with Crippen molar-refractivity contribution in [3.8, 4) is 0 Å². The van der Waals surface area contributed by atoms with Crippen LogP contribution in [0.1, 0.15) is 63.6 Å². The van der Waals surface area contributed by atoms with Gasteiger partial charge in [-0.15, -0.1) is 0 Å². The quantitative estimate of drug-likeness (QED) is 0.421. The molecule has 5 nitrogen and oxygen atoms in total. The first-order valence-electron chi connectivity index (χ1n) is 10.8. The zero-order chi connectivity index (χ0) is 26.5. The molecular weight excluding hydrogens is 466 g/mol. The number of ketones is 1. The summed E-state index contributed by atoms with van der Waals surface area (Å²) in [5.41, 5.74) is 1.93. The lowest BCUT2D eigenvalue weighted by Crippen LogP contribution is -2.42. The van der Waals surface area contributed by atoms with Gasteiger partial charge in [0.05, 0.1) is 18.2 Å². The summed E-state index contributed by atoms with van der Waals surface area (Å²) in [6, 6.07) is 1.20. The number of hydrogen-bond acceptors (Lipinski definition) is 5. The number of rotatable bonds is 6. The average molecular weight is 499 g/mol. The van der Waals surface area contributed by atoms with E-state index in [4.69, 9.17) is 10.5 Å². The highest BCUT2D eigenvalue weighted by Gasteiger charge is 2.45. The third kappa shape index (κ3) is 7.69. The summed E-state index contributed by atoms with van der Waals surface area (Å²) in [6.45, 7) is 7.31. The molecule has 11 heteroatoms. The molecule has 0 amide bonds. The molecule has 1 aliphatic rings. The molecule has 0 radical (unpaired) electrons. The SMILES string of the molecule is COC(=O)C(C)N[C@@H]1CC[C@@](C(C)=O)(C(C)C)C1.NCc1cc(C(F)(F)F)cc(C(F)(F)F)c1. The molecule has 1 aliphatic carbocycles. The highest BCUT2D eigenvalue weighted by atomic mass is 19.4. The van der Waals surface area contributed by atoms with Gasteiger partial charge in [-0.1, -0.05) is 13.8 Å². The Kier molecular flexibility index (Phi) is 10.1. The summed E-state index contributed by atoms with van der Waals surface area (Å²) < 4.78 is 78.3. The van der Waals surface area contributed by atoms with Gasteiger partial charge in [0, 0.05) is 18.0 Å². The predicted molar refractivity (Wildman–Crippen MR) is 115 cm³/mol. The lowest BCUT2D eigenvalue weighted by Gasteiger charge is -2.31. The monoisotopic (exact) mass is 498 g/mol. The number of halogens is 6. The van der Waals surface area contributed by atoms with Gasteiger partial charge in [-0.25, -0.2) is 0 Å². The number of Topliss-reactive ketones (excluding diaryl/α,β-unsaturated/α-hetero) is 1. The Bertz CT molecular complexity index is 822. The Hall–Kier alpha value is -2.14. The van der Waals surface area contributed by atoms with E-state index in [9.17, 15) is 35.9 Å². The van der Waals surface area contributed by atoms with Gasteiger partial charge in [0.25, 0.3) is 0 Å². The van der Waals surface area contributed by atoms with Crippen LogP contribution in [-0.4, -0.2) is 30.9 Å². The Morgan fingerprint density at radius 1 is 1.09 bits per heavy atom. The number of methoxy groups -OCH3 is 1. The van der Waals surface area contributed by atoms with Crippen LogP contribution in [0.4, 0.5) is 26.3 Å². The smallest absolute Gasteiger partial charge is 0.416 e. The van der Waals surface area contributed by atoms with Crippen molar-refractivity contribution in [2.24, 2.45) is 17.1 Å². The Morgan fingerprint density at radius 2 is 1.59 bits per heavy atom. The summed E-state index contributed by atoms with van der Waals surface area (Å²) in [5.74, 6) is 0.364. The third-order valence-corrected chi connectivity index (χ3v) is 6.28. The van der Waals surface area contributed by atoms with Crippen molar-refractivity contribution >= 4 is 11.8 Å². The number of carbonyl (C=O) groups excluding carboxylic acids is 2. The van der Waals surface area contributed by atoms with Crippen LogP contribution < -0.4 is 11.1 Å². The number of nitrogens with one attached hydrogen (secondary N) is 1.